The third-order valence-corrected chi connectivity index (χ3v) is 3.99. The minimum absolute atomic E-state index is 0.0600. The lowest BCUT2D eigenvalue weighted by Gasteiger charge is -2.25. The van der Waals surface area contributed by atoms with E-state index in [1.807, 2.05) is 30.0 Å². The number of nitrogens with zero attached hydrogens (tertiary/aromatic N) is 1. The number of halogens is 1. The van der Waals surface area contributed by atoms with Crippen molar-refractivity contribution < 1.29 is 9.18 Å². The van der Waals surface area contributed by atoms with Gasteiger partial charge in [-0.05, 0) is 30.7 Å². The van der Waals surface area contributed by atoms with Gasteiger partial charge >= 0.3 is 0 Å². The molecule has 0 bridgehead atoms. The molecule has 1 aromatic carbocycles. The first kappa shape index (κ1) is 14.0. The zero-order valence-corrected chi connectivity index (χ0v) is 11.7. The summed E-state index contributed by atoms with van der Waals surface area (Å²) >= 11 is 0. The second kappa shape index (κ2) is 6.18. The highest BCUT2D eigenvalue weighted by Crippen LogP contribution is 2.31. The van der Waals surface area contributed by atoms with Crippen LogP contribution in [0.1, 0.15) is 38.3 Å². The summed E-state index contributed by atoms with van der Waals surface area (Å²) in [5.74, 6) is 0.571. The molecule has 0 aliphatic carbocycles. The van der Waals surface area contributed by atoms with E-state index in [0.29, 0.717) is 12.3 Å². The van der Waals surface area contributed by atoms with Crippen molar-refractivity contribution in [1.82, 2.24) is 4.90 Å². The first-order chi connectivity index (χ1) is 9.11. The summed E-state index contributed by atoms with van der Waals surface area (Å²) in [6.07, 6.45) is 1.38. The van der Waals surface area contributed by atoms with Gasteiger partial charge in [0.05, 0.1) is 12.7 Å². The normalized spacial score (nSPS) is 22.6. The Balaban J connectivity index is 2.00. The highest BCUT2D eigenvalue weighted by molar-refractivity contribution is 5.79. The smallest absolute Gasteiger partial charge is 0.223 e. The molecule has 3 unspecified atom stereocenters. The molecule has 2 nitrogen and oxygen atoms in total. The molecule has 0 spiro atoms. The van der Waals surface area contributed by atoms with Gasteiger partial charge in [0.25, 0.3) is 0 Å². The summed E-state index contributed by atoms with van der Waals surface area (Å²) in [5.41, 5.74) is 1.16. The van der Waals surface area contributed by atoms with Gasteiger partial charge in [0.15, 0.2) is 0 Å². The summed E-state index contributed by atoms with van der Waals surface area (Å²) < 4.78 is 12.6. The van der Waals surface area contributed by atoms with E-state index >= 15 is 0 Å². The Bertz CT molecular complexity index is 420. The van der Waals surface area contributed by atoms with E-state index in [9.17, 15) is 9.18 Å². The number of hydrogen-bond donors (Lipinski definition) is 0. The first-order valence-electron chi connectivity index (χ1n) is 7.02. The minimum atomic E-state index is -0.293. The molecular weight excluding hydrogens is 241 g/mol. The monoisotopic (exact) mass is 263 g/mol. The molecule has 1 aliphatic heterocycles. The minimum Gasteiger partial charge on any atom is -0.336 e. The predicted octanol–water partition coefficient (Wildman–Crippen LogP) is 3.59. The fourth-order valence-corrected chi connectivity index (χ4v) is 2.88. The molecule has 104 valence electrons. The van der Waals surface area contributed by atoms with E-state index in [1.165, 1.54) is 0 Å². The van der Waals surface area contributed by atoms with Crippen LogP contribution in [0.15, 0.2) is 30.3 Å². The van der Waals surface area contributed by atoms with Crippen molar-refractivity contribution in [3.63, 3.8) is 0 Å². The van der Waals surface area contributed by atoms with Gasteiger partial charge in [-0.1, -0.05) is 37.3 Å². The van der Waals surface area contributed by atoms with Gasteiger partial charge in [0.1, 0.15) is 0 Å². The van der Waals surface area contributed by atoms with Gasteiger partial charge in [0, 0.05) is 13.0 Å². The molecule has 0 N–H and O–H groups in total. The van der Waals surface area contributed by atoms with Gasteiger partial charge < -0.3 is 4.90 Å². The van der Waals surface area contributed by atoms with Crippen LogP contribution >= 0.6 is 0 Å². The Morgan fingerprint density at radius 3 is 2.63 bits per heavy atom. The largest absolute Gasteiger partial charge is 0.336 e. The molecule has 2 rings (SSSR count). The Labute approximate surface area is 114 Å². The number of amides is 1. The topological polar surface area (TPSA) is 20.3 Å². The van der Waals surface area contributed by atoms with E-state index < -0.39 is 0 Å². The van der Waals surface area contributed by atoms with Crippen molar-refractivity contribution >= 4 is 5.91 Å². The SMILES string of the molecule is CC(CF)CC1CC(=O)N(C(C)c2ccccc2)C1. The summed E-state index contributed by atoms with van der Waals surface area (Å²) in [5, 5.41) is 0. The molecule has 0 aromatic heterocycles. The van der Waals surface area contributed by atoms with Crippen LogP contribution in [0, 0.1) is 11.8 Å². The molecular formula is C16H22FNO. The number of carbonyl (C=O) groups excluding carboxylic acids is 1. The molecule has 0 radical (unpaired) electrons. The molecule has 0 saturated carbocycles. The van der Waals surface area contributed by atoms with E-state index in [4.69, 9.17) is 0 Å². The third kappa shape index (κ3) is 3.34. The van der Waals surface area contributed by atoms with Gasteiger partial charge in [0.2, 0.25) is 5.91 Å². The summed E-state index contributed by atoms with van der Waals surface area (Å²) in [6, 6.07) is 10.2. The third-order valence-electron chi connectivity index (χ3n) is 3.99. The predicted molar refractivity (Wildman–Crippen MR) is 74.4 cm³/mol. The Morgan fingerprint density at radius 2 is 2.00 bits per heavy atom. The molecule has 1 saturated heterocycles. The van der Waals surface area contributed by atoms with Crippen LogP contribution in [0.3, 0.4) is 0 Å². The van der Waals surface area contributed by atoms with Crippen LogP contribution in [0.4, 0.5) is 4.39 Å². The summed E-state index contributed by atoms with van der Waals surface area (Å²) in [6.45, 7) is 4.44. The summed E-state index contributed by atoms with van der Waals surface area (Å²) in [7, 11) is 0. The van der Waals surface area contributed by atoms with E-state index in [-0.39, 0.29) is 24.5 Å². The van der Waals surface area contributed by atoms with E-state index in [2.05, 4.69) is 19.1 Å². The molecule has 1 amide bonds. The van der Waals surface area contributed by atoms with Crippen molar-refractivity contribution in [3.05, 3.63) is 35.9 Å². The van der Waals surface area contributed by atoms with Crippen molar-refractivity contribution in [2.45, 2.75) is 32.7 Å². The van der Waals surface area contributed by atoms with Crippen molar-refractivity contribution in [1.29, 1.82) is 0 Å². The average Bonchev–Trinajstić information content (AvgIpc) is 2.79. The molecule has 1 aromatic rings. The maximum atomic E-state index is 12.6. The highest BCUT2D eigenvalue weighted by Gasteiger charge is 2.33. The first-order valence-corrected chi connectivity index (χ1v) is 7.02. The van der Waals surface area contributed by atoms with Crippen LogP contribution < -0.4 is 0 Å². The lowest BCUT2D eigenvalue weighted by atomic mass is 9.96. The molecule has 1 heterocycles. The lowest BCUT2D eigenvalue weighted by Crippen LogP contribution is -2.28. The maximum absolute atomic E-state index is 12.6. The van der Waals surface area contributed by atoms with Gasteiger partial charge in [-0.15, -0.1) is 0 Å². The zero-order valence-electron chi connectivity index (χ0n) is 11.7. The van der Waals surface area contributed by atoms with Crippen LogP contribution in [-0.4, -0.2) is 24.0 Å². The zero-order chi connectivity index (χ0) is 13.8. The number of hydrogen-bond acceptors (Lipinski definition) is 1. The maximum Gasteiger partial charge on any atom is 0.223 e. The summed E-state index contributed by atoms with van der Waals surface area (Å²) in [4.78, 5) is 14.0. The number of carbonyl (C=O) groups is 1. The van der Waals surface area contributed by atoms with Crippen LogP contribution in [-0.2, 0) is 4.79 Å². The van der Waals surface area contributed by atoms with Crippen LogP contribution in [0.25, 0.3) is 0 Å². The molecule has 19 heavy (non-hydrogen) atoms. The molecule has 1 fully saturated rings. The van der Waals surface area contributed by atoms with E-state index in [0.717, 1.165) is 18.5 Å². The van der Waals surface area contributed by atoms with Crippen molar-refractivity contribution in [3.8, 4) is 0 Å². The fourth-order valence-electron chi connectivity index (χ4n) is 2.88. The van der Waals surface area contributed by atoms with Gasteiger partial charge in [-0.3, -0.25) is 9.18 Å². The number of alkyl halides is 1. The van der Waals surface area contributed by atoms with Crippen LogP contribution in [0.2, 0.25) is 0 Å². The number of benzene rings is 1. The second-order valence-electron chi connectivity index (χ2n) is 5.70. The van der Waals surface area contributed by atoms with Crippen molar-refractivity contribution in [2.75, 3.05) is 13.2 Å². The second-order valence-corrected chi connectivity index (χ2v) is 5.70. The highest BCUT2D eigenvalue weighted by atomic mass is 19.1. The van der Waals surface area contributed by atoms with E-state index in [1.54, 1.807) is 0 Å². The molecule has 1 aliphatic rings. The molecule has 3 atom stereocenters. The number of likely N-dealkylation sites (tertiary alicyclic amines) is 1. The Hall–Kier alpha value is -1.38. The standard InChI is InChI=1S/C16H22FNO/c1-12(10-17)8-14-9-16(19)18(11-14)13(2)15-6-4-3-5-7-15/h3-7,12-14H,8-11H2,1-2H3. The van der Waals surface area contributed by atoms with Gasteiger partial charge in [-0.2, -0.15) is 0 Å². The Kier molecular flexibility index (Phi) is 4.56. The lowest BCUT2D eigenvalue weighted by molar-refractivity contribution is -0.129. The van der Waals surface area contributed by atoms with Crippen LogP contribution in [0.5, 0.6) is 0 Å². The average molecular weight is 263 g/mol. The fraction of sp³-hybridized carbons (Fsp3) is 0.562. The molecule has 3 heteroatoms. The number of rotatable bonds is 5. The Morgan fingerprint density at radius 1 is 1.32 bits per heavy atom. The van der Waals surface area contributed by atoms with Gasteiger partial charge in [-0.25, -0.2) is 0 Å². The van der Waals surface area contributed by atoms with Crippen molar-refractivity contribution in [2.24, 2.45) is 11.8 Å². The quantitative estimate of drug-likeness (QED) is 0.795.